The number of hydrogen-bond acceptors (Lipinski definition) is 3. The van der Waals surface area contributed by atoms with E-state index in [2.05, 4.69) is 28.2 Å². The average Bonchev–Trinajstić information content (AvgIpc) is 2.57. The first-order valence-electron chi connectivity index (χ1n) is 7.63. The number of halogens is 1. The molecule has 1 atom stereocenters. The maximum absolute atomic E-state index is 12.1. The second-order valence-corrected chi connectivity index (χ2v) is 6.24. The first-order valence-corrected chi connectivity index (χ1v) is 8.42. The van der Waals surface area contributed by atoms with Gasteiger partial charge in [-0.15, -0.1) is 0 Å². The number of hydrogen-bond donors (Lipinski definition) is 2. The van der Waals surface area contributed by atoms with Gasteiger partial charge in [0.25, 0.3) is 11.6 Å². The third kappa shape index (κ3) is 4.87. The summed E-state index contributed by atoms with van der Waals surface area (Å²) in [6.45, 7) is 2.25. The van der Waals surface area contributed by atoms with E-state index in [0.29, 0.717) is 0 Å². The van der Waals surface area contributed by atoms with E-state index in [9.17, 15) is 14.9 Å². The van der Waals surface area contributed by atoms with Crippen molar-refractivity contribution in [3.63, 3.8) is 0 Å². The molecule has 24 heavy (non-hydrogen) atoms. The predicted octanol–water partition coefficient (Wildman–Crippen LogP) is 3.01. The van der Waals surface area contributed by atoms with Crippen LogP contribution in [0.5, 0.6) is 0 Å². The van der Waals surface area contributed by atoms with E-state index in [0.717, 1.165) is 16.5 Å². The maximum atomic E-state index is 12.1. The Balaban J connectivity index is 1.97. The van der Waals surface area contributed by atoms with Gasteiger partial charge in [-0.25, -0.2) is 0 Å². The fourth-order valence-corrected chi connectivity index (χ4v) is 2.70. The molecular weight excluding hydrogens is 374 g/mol. The van der Waals surface area contributed by atoms with Gasteiger partial charge < -0.3 is 10.6 Å². The molecule has 0 saturated heterocycles. The van der Waals surface area contributed by atoms with Gasteiger partial charge in [0.2, 0.25) is 0 Å². The minimum absolute atomic E-state index is 0.106. The molecular formula is C17H19BrN3O3+. The van der Waals surface area contributed by atoms with Gasteiger partial charge in [0, 0.05) is 22.5 Å². The molecule has 0 fully saturated rings. The van der Waals surface area contributed by atoms with Crippen LogP contribution in [-0.4, -0.2) is 17.4 Å². The minimum Gasteiger partial charge on any atom is -0.332 e. The standard InChI is InChI=1S/C17H18BrN3O3/c1-2-14(12-7-9-13(18)10-8-12)19-11-17(22)20-15-5-3-4-6-16(15)21(23)24/h3-10,14,19H,2,11H2,1H3,(H,20,22)/p+1/t14-/m0/s1. The molecule has 3 N–H and O–H groups in total. The molecule has 6 nitrogen and oxygen atoms in total. The Morgan fingerprint density at radius 3 is 2.54 bits per heavy atom. The number of nitro benzene ring substituents is 1. The molecule has 0 aliphatic rings. The summed E-state index contributed by atoms with van der Waals surface area (Å²) in [5.74, 6) is -0.264. The number of nitrogens with zero attached hydrogens (tertiary/aromatic N) is 1. The van der Waals surface area contributed by atoms with Crippen LogP contribution in [0.3, 0.4) is 0 Å². The largest absolute Gasteiger partial charge is 0.332 e. The van der Waals surface area contributed by atoms with Crippen LogP contribution < -0.4 is 10.6 Å². The highest BCUT2D eigenvalue weighted by molar-refractivity contribution is 9.10. The first kappa shape index (κ1) is 18.1. The van der Waals surface area contributed by atoms with Crippen LogP contribution >= 0.6 is 15.9 Å². The fourth-order valence-electron chi connectivity index (χ4n) is 2.44. The SMILES string of the molecule is CC[C@H]([NH2+]CC(=O)Nc1ccccc1[N+](=O)[O-])c1ccc(Br)cc1. The van der Waals surface area contributed by atoms with Gasteiger partial charge in [-0.1, -0.05) is 47.1 Å². The molecule has 2 rings (SSSR count). The summed E-state index contributed by atoms with van der Waals surface area (Å²) in [7, 11) is 0. The molecule has 0 saturated carbocycles. The van der Waals surface area contributed by atoms with E-state index >= 15 is 0 Å². The van der Waals surface area contributed by atoms with Gasteiger partial charge in [0.15, 0.2) is 6.54 Å². The molecule has 2 aromatic rings. The summed E-state index contributed by atoms with van der Waals surface area (Å²) in [5, 5.41) is 15.5. The van der Waals surface area contributed by atoms with Crippen LogP contribution in [0.25, 0.3) is 0 Å². The Kier molecular flexibility index (Phi) is 6.45. The van der Waals surface area contributed by atoms with Gasteiger partial charge in [0.05, 0.1) is 4.92 Å². The summed E-state index contributed by atoms with van der Waals surface area (Å²) in [4.78, 5) is 22.6. The number of nitrogens with one attached hydrogen (secondary N) is 1. The van der Waals surface area contributed by atoms with Crippen molar-refractivity contribution in [2.45, 2.75) is 19.4 Å². The number of para-hydroxylation sites is 2. The number of carbonyl (C=O) groups excluding carboxylic acids is 1. The van der Waals surface area contributed by atoms with Crippen molar-refractivity contribution in [3.05, 3.63) is 68.7 Å². The molecule has 2 aromatic carbocycles. The second-order valence-electron chi connectivity index (χ2n) is 5.33. The number of amides is 1. The van der Waals surface area contributed by atoms with E-state index in [1.54, 1.807) is 12.1 Å². The lowest BCUT2D eigenvalue weighted by Crippen LogP contribution is -2.87. The van der Waals surface area contributed by atoms with Gasteiger partial charge in [-0.05, 0) is 18.2 Å². The number of rotatable bonds is 7. The zero-order valence-electron chi connectivity index (χ0n) is 13.2. The molecule has 0 radical (unpaired) electrons. The highest BCUT2D eigenvalue weighted by Crippen LogP contribution is 2.22. The van der Waals surface area contributed by atoms with Crippen molar-refractivity contribution in [3.8, 4) is 0 Å². The van der Waals surface area contributed by atoms with Gasteiger partial charge in [-0.3, -0.25) is 14.9 Å². The molecule has 0 bridgehead atoms. The summed E-state index contributed by atoms with van der Waals surface area (Å²) >= 11 is 3.40. The zero-order chi connectivity index (χ0) is 17.5. The molecule has 7 heteroatoms. The lowest BCUT2D eigenvalue weighted by atomic mass is 10.0. The Bertz CT molecular complexity index is 719. The molecule has 0 spiro atoms. The van der Waals surface area contributed by atoms with Crippen molar-refractivity contribution in [1.82, 2.24) is 0 Å². The number of nitrogens with two attached hydrogens (primary N) is 1. The highest BCUT2D eigenvalue weighted by Gasteiger charge is 2.18. The van der Waals surface area contributed by atoms with Crippen LogP contribution in [0.2, 0.25) is 0 Å². The zero-order valence-corrected chi connectivity index (χ0v) is 14.8. The van der Waals surface area contributed by atoms with E-state index < -0.39 is 4.92 Å². The monoisotopic (exact) mass is 392 g/mol. The molecule has 126 valence electrons. The molecule has 0 aromatic heterocycles. The number of quaternary nitrogens is 1. The second kappa shape index (κ2) is 8.56. The summed E-state index contributed by atoms with van der Waals surface area (Å²) in [5.41, 5.74) is 1.25. The summed E-state index contributed by atoms with van der Waals surface area (Å²) in [6.07, 6.45) is 0.875. The highest BCUT2D eigenvalue weighted by atomic mass is 79.9. The van der Waals surface area contributed by atoms with Crippen molar-refractivity contribution in [2.24, 2.45) is 0 Å². The Morgan fingerprint density at radius 2 is 1.92 bits per heavy atom. The maximum Gasteiger partial charge on any atom is 0.292 e. The average molecular weight is 393 g/mol. The Hall–Kier alpha value is -2.25. The van der Waals surface area contributed by atoms with E-state index in [1.165, 1.54) is 12.1 Å². The van der Waals surface area contributed by atoms with Gasteiger partial charge >= 0.3 is 0 Å². The molecule has 0 aliphatic heterocycles. The lowest BCUT2D eigenvalue weighted by molar-refractivity contribution is -0.686. The Morgan fingerprint density at radius 1 is 1.25 bits per heavy atom. The van der Waals surface area contributed by atoms with E-state index in [4.69, 9.17) is 0 Å². The van der Waals surface area contributed by atoms with E-state index in [1.807, 2.05) is 29.6 Å². The molecule has 0 heterocycles. The van der Waals surface area contributed by atoms with Crippen molar-refractivity contribution < 1.29 is 15.0 Å². The molecule has 0 unspecified atom stereocenters. The summed E-state index contributed by atoms with van der Waals surface area (Å²) < 4.78 is 1.01. The van der Waals surface area contributed by atoms with Crippen molar-refractivity contribution >= 4 is 33.2 Å². The predicted molar refractivity (Wildman–Crippen MR) is 95.7 cm³/mol. The topological polar surface area (TPSA) is 88.8 Å². The number of carbonyl (C=O) groups is 1. The quantitative estimate of drug-likeness (QED) is 0.560. The number of benzene rings is 2. The normalized spacial score (nSPS) is 11.8. The lowest BCUT2D eigenvalue weighted by Gasteiger charge is -2.14. The van der Waals surface area contributed by atoms with Gasteiger partial charge in [0.1, 0.15) is 11.7 Å². The number of nitro groups is 1. The smallest absolute Gasteiger partial charge is 0.292 e. The van der Waals surface area contributed by atoms with E-state index in [-0.39, 0.29) is 29.9 Å². The first-order chi connectivity index (χ1) is 11.5. The van der Waals surface area contributed by atoms with Crippen LogP contribution in [0.1, 0.15) is 24.9 Å². The van der Waals surface area contributed by atoms with Crippen LogP contribution in [0.4, 0.5) is 11.4 Å². The third-order valence-corrected chi connectivity index (χ3v) is 4.23. The van der Waals surface area contributed by atoms with Gasteiger partial charge in [-0.2, -0.15) is 0 Å². The van der Waals surface area contributed by atoms with Crippen molar-refractivity contribution in [2.75, 3.05) is 11.9 Å². The molecule has 0 aliphatic carbocycles. The van der Waals surface area contributed by atoms with Crippen LogP contribution in [-0.2, 0) is 4.79 Å². The minimum atomic E-state index is -0.504. The summed E-state index contributed by atoms with van der Waals surface area (Å²) in [6, 6.07) is 14.3. The van der Waals surface area contributed by atoms with Crippen LogP contribution in [0, 0.1) is 10.1 Å². The van der Waals surface area contributed by atoms with Crippen LogP contribution in [0.15, 0.2) is 53.0 Å². The number of anilines is 1. The third-order valence-electron chi connectivity index (χ3n) is 3.70. The van der Waals surface area contributed by atoms with Crippen molar-refractivity contribution in [1.29, 1.82) is 0 Å². The molecule has 1 amide bonds. The Labute approximate surface area is 148 Å². The fraction of sp³-hybridized carbons (Fsp3) is 0.235.